The van der Waals surface area contributed by atoms with E-state index in [1.165, 1.54) is 0 Å². The predicted molar refractivity (Wildman–Crippen MR) is 88.9 cm³/mol. The van der Waals surface area contributed by atoms with Crippen LogP contribution in [0.1, 0.15) is 66.2 Å². The molecule has 0 aromatic carbocycles. The first-order chi connectivity index (χ1) is 11.5. The Morgan fingerprint density at radius 2 is 2.12 bits per heavy atom. The van der Waals surface area contributed by atoms with Gasteiger partial charge in [-0.05, 0) is 38.7 Å². The van der Waals surface area contributed by atoms with Crippen LogP contribution in [-0.4, -0.2) is 45.2 Å². The Bertz CT molecular complexity index is 788. The van der Waals surface area contributed by atoms with Gasteiger partial charge in [-0.15, -0.1) is 0 Å². The number of amides is 1. The first kappa shape index (κ1) is 15.6. The number of aryl methyl sites for hydroxylation is 1. The van der Waals surface area contributed by atoms with Gasteiger partial charge in [0.15, 0.2) is 0 Å². The number of aliphatic hydroxyl groups is 1. The van der Waals surface area contributed by atoms with Crippen LogP contribution in [0.15, 0.2) is 10.6 Å². The minimum absolute atomic E-state index is 0.101. The zero-order valence-corrected chi connectivity index (χ0v) is 14.2. The highest BCUT2D eigenvalue weighted by Crippen LogP contribution is 2.40. The maximum absolute atomic E-state index is 13.1. The maximum Gasteiger partial charge on any atom is 0.259 e. The first-order valence-electron chi connectivity index (χ1n) is 8.72. The van der Waals surface area contributed by atoms with Crippen LogP contribution in [0.5, 0.6) is 0 Å². The summed E-state index contributed by atoms with van der Waals surface area (Å²) in [5.74, 6) is 0.326. The molecule has 0 spiro atoms. The van der Waals surface area contributed by atoms with E-state index in [2.05, 4.69) is 10.1 Å². The molecule has 2 heterocycles. The van der Waals surface area contributed by atoms with Crippen molar-refractivity contribution in [2.45, 2.75) is 57.0 Å². The van der Waals surface area contributed by atoms with Gasteiger partial charge in [0.1, 0.15) is 0 Å². The Morgan fingerprint density at radius 1 is 1.42 bits per heavy atom. The van der Waals surface area contributed by atoms with Crippen molar-refractivity contribution in [1.82, 2.24) is 15.0 Å². The summed E-state index contributed by atoms with van der Waals surface area (Å²) in [6.45, 7) is 2.18. The number of carbonyl (C=O) groups is 1. The van der Waals surface area contributed by atoms with Crippen molar-refractivity contribution in [3.05, 3.63) is 23.0 Å². The van der Waals surface area contributed by atoms with Crippen LogP contribution in [0, 0.1) is 6.92 Å². The topological polar surface area (TPSA) is 79.5 Å². The van der Waals surface area contributed by atoms with Crippen molar-refractivity contribution < 1.29 is 14.4 Å². The molecule has 2 aliphatic carbocycles. The number of fused-ring (bicyclic) bond motifs is 1. The third kappa shape index (κ3) is 2.69. The number of pyridine rings is 1. The van der Waals surface area contributed by atoms with E-state index in [1.54, 1.807) is 11.9 Å². The molecule has 2 saturated carbocycles. The third-order valence-electron chi connectivity index (χ3n) is 5.28. The van der Waals surface area contributed by atoms with Crippen molar-refractivity contribution >= 4 is 17.0 Å². The summed E-state index contributed by atoms with van der Waals surface area (Å²) in [7, 11) is 1.75. The standard InChI is InChI=1S/C18H23N3O3/c1-11-15-13(9-14(12-5-6-12)19-16(15)24-20-11)17(22)21(2)10-18(23)7-3-4-8-18/h9,12,23H,3-8,10H2,1-2H3. The number of nitrogens with zero attached hydrogens (tertiary/aromatic N) is 3. The SMILES string of the molecule is Cc1noc2nc(C3CC3)cc(C(=O)N(C)CC3(O)CCCC3)c12. The summed E-state index contributed by atoms with van der Waals surface area (Å²) in [4.78, 5) is 19.2. The van der Waals surface area contributed by atoms with Gasteiger partial charge in [0, 0.05) is 25.2 Å². The molecule has 0 aliphatic heterocycles. The van der Waals surface area contributed by atoms with Crippen LogP contribution in [-0.2, 0) is 0 Å². The molecule has 24 heavy (non-hydrogen) atoms. The molecule has 6 nitrogen and oxygen atoms in total. The molecule has 2 aliphatic rings. The van der Waals surface area contributed by atoms with Gasteiger partial charge in [-0.2, -0.15) is 0 Å². The van der Waals surface area contributed by atoms with Gasteiger partial charge in [-0.3, -0.25) is 4.79 Å². The number of rotatable bonds is 4. The molecule has 6 heteroatoms. The quantitative estimate of drug-likeness (QED) is 0.933. The van der Waals surface area contributed by atoms with E-state index in [0.29, 0.717) is 34.8 Å². The van der Waals surface area contributed by atoms with Crippen LogP contribution in [0.2, 0.25) is 0 Å². The molecule has 128 valence electrons. The number of aromatic nitrogens is 2. The molecule has 2 aromatic rings. The molecule has 1 amide bonds. The van der Waals surface area contributed by atoms with E-state index in [1.807, 2.05) is 13.0 Å². The zero-order chi connectivity index (χ0) is 16.9. The van der Waals surface area contributed by atoms with Crippen LogP contribution >= 0.6 is 0 Å². The van der Waals surface area contributed by atoms with Crippen LogP contribution in [0.4, 0.5) is 0 Å². The number of likely N-dealkylation sites (N-methyl/N-ethyl adjacent to an activating group) is 1. The Labute approximate surface area is 140 Å². The van der Waals surface area contributed by atoms with E-state index in [4.69, 9.17) is 4.52 Å². The average molecular weight is 329 g/mol. The van der Waals surface area contributed by atoms with Crippen molar-refractivity contribution in [2.75, 3.05) is 13.6 Å². The van der Waals surface area contributed by atoms with Crippen molar-refractivity contribution in [3.8, 4) is 0 Å². The number of carbonyl (C=O) groups excluding carboxylic acids is 1. The lowest BCUT2D eigenvalue weighted by atomic mass is 10.0. The fourth-order valence-corrected chi connectivity index (χ4v) is 3.78. The molecule has 0 radical (unpaired) electrons. The molecule has 2 aromatic heterocycles. The highest BCUT2D eigenvalue weighted by molar-refractivity contribution is 6.06. The van der Waals surface area contributed by atoms with E-state index in [-0.39, 0.29) is 5.91 Å². The normalized spacial score (nSPS) is 19.8. The molecular formula is C18H23N3O3. The highest BCUT2D eigenvalue weighted by atomic mass is 16.5. The lowest BCUT2D eigenvalue weighted by molar-refractivity contribution is 0.0157. The Hall–Kier alpha value is -1.95. The van der Waals surface area contributed by atoms with Crippen LogP contribution < -0.4 is 0 Å². The second-order valence-corrected chi connectivity index (χ2v) is 7.41. The summed E-state index contributed by atoms with van der Waals surface area (Å²) in [6.07, 6.45) is 5.78. The fraction of sp³-hybridized carbons (Fsp3) is 0.611. The van der Waals surface area contributed by atoms with E-state index in [0.717, 1.165) is 44.2 Å². The van der Waals surface area contributed by atoms with E-state index >= 15 is 0 Å². The van der Waals surface area contributed by atoms with Gasteiger partial charge in [-0.25, -0.2) is 4.98 Å². The summed E-state index contributed by atoms with van der Waals surface area (Å²) in [6, 6.07) is 1.89. The van der Waals surface area contributed by atoms with Gasteiger partial charge in [0.2, 0.25) is 0 Å². The van der Waals surface area contributed by atoms with Gasteiger partial charge >= 0.3 is 0 Å². The van der Waals surface area contributed by atoms with E-state index < -0.39 is 5.60 Å². The number of hydrogen-bond acceptors (Lipinski definition) is 5. The van der Waals surface area contributed by atoms with Crippen LogP contribution in [0.3, 0.4) is 0 Å². The van der Waals surface area contributed by atoms with Gasteiger partial charge in [0.25, 0.3) is 11.6 Å². The minimum Gasteiger partial charge on any atom is -0.388 e. The molecule has 1 N–H and O–H groups in total. The minimum atomic E-state index is -0.750. The molecular weight excluding hydrogens is 306 g/mol. The number of hydrogen-bond donors (Lipinski definition) is 1. The van der Waals surface area contributed by atoms with Crippen LogP contribution in [0.25, 0.3) is 11.1 Å². The molecule has 0 atom stereocenters. The molecule has 0 bridgehead atoms. The average Bonchev–Trinajstić information content (AvgIpc) is 3.23. The van der Waals surface area contributed by atoms with Crippen molar-refractivity contribution in [1.29, 1.82) is 0 Å². The first-order valence-corrected chi connectivity index (χ1v) is 8.72. The third-order valence-corrected chi connectivity index (χ3v) is 5.28. The summed E-state index contributed by atoms with van der Waals surface area (Å²) < 4.78 is 5.31. The monoisotopic (exact) mass is 329 g/mol. The Morgan fingerprint density at radius 3 is 2.79 bits per heavy atom. The summed E-state index contributed by atoms with van der Waals surface area (Å²) in [5, 5.41) is 15.3. The zero-order valence-electron chi connectivity index (χ0n) is 14.2. The lowest BCUT2D eigenvalue weighted by Gasteiger charge is -2.28. The van der Waals surface area contributed by atoms with Crippen molar-refractivity contribution in [3.63, 3.8) is 0 Å². The summed E-state index contributed by atoms with van der Waals surface area (Å²) in [5.41, 5.74) is 1.86. The van der Waals surface area contributed by atoms with E-state index in [9.17, 15) is 9.90 Å². The fourth-order valence-electron chi connectivity index (χ4n) is 3.78. The molecule has 4 rings (SSSR count). The molecule has 2 fully saturated rings. The maximum atomic E-state index is 13.1. The predicted octanol–water partition coefficient (Wildman–Crippen LogP) is 2.79. The highest BCUT2D eigenvalue weighted by Gasteiger charge is 2.35. The van der Waals surface area contributed by atoms with Crippen molar-refractivity contribution in [2.24, 2.45) is 0 Å². The largest absolute Gasteiger partial charge is 0.388 e. The molecule has 0 saturated heterocycles. The molecule has 0 unspecified atom stereocenters. The Kier molecular flexibility index (Phi) is 3.60. The smallest absolute Gasteiger partial charge is 0.259 e. The van der Waals surface area contributed by atoms with Gasteiger partial charge in [0.05, 0.1) is 22.2 Å². The lowest BCUT2D eigenvalue weighted by Crippen LogP contribution is -2.42. The summed E-state index contributed by atoms with van der Waals surface area (Å²) >= 11 is 0. The Balaban J connectivity index is 1.68. The van der Waals surface area contributed by atoms with Gasteiger partial charge in [-0.1, -0.05) is 18.0 Å². The second-order valence-electron chi connectivity index (χ2n) is 7.41. The second kappa shape index (κ2) is 5.55. The van der Waals surface area contributed by atoms with Gasteiger partial charge < -0.3 is 14.5 Å².